The highest BCUT2D eigenvalue weighted by atomic mass is 15.3. The molecule has 1 aromatic heterocycles. The zero-order valence-corrected chi connectivity index (χ0v) is 13.0. The van der Waals surface area contributed by atoms with Crippen molar-refractivity contribution in [1.82, 2.24) is 20.0 Å². The zero-order valence-electron chi connectivity index (χ0n) is 13.0. The minimum atomic E-state index is 0.449. The third-order valence-corrected chi connectivity index (χ3v) is 4.79. The van der Waals surface area contributed by atoms with E-state index in [2.05, 4.69) is 49.5 Å². The molecule has 0 aliphatic heterocycles. The summed E-state index contributed by atoms with van der Waals surface area (Å²) >= 11 is 0. The van der Waals surface area contributed by atoms with Crippen molar-refractivity contribution >= 4 is 0 Å². The highest BCUT2D eigenvalue weighted by molar-refractivity contribution is 5.19. The predicted octanol–water partition coefficient (Wildman–Crippen LogP) is 2.25. The average molecular weight is 264 g/mol. The van der Waals surface area contributed by atoms with Gasteiger partial charge in [-0.05, 0) is 53.6 Å². The van der Waals surface area contributed by atoms with Crippen molar-refractivity contribution in [2.75, 3.05) is 14.1 Å². The third-order valence-electron chi connectivity index (χ3n) is 4.79. The maximum absolute atomic E-state index is 4.46. The molecule has 1 fully saturated rings. The van der Waals surface area contributed by atoms with Gasteiger partial charge in [-0.15, -0.1) is 0 Å². The van der Waals surface area contributed by atoms with E-state index < -0.39 is 0 Å². The molecule has 4 nitrogen and oxygen atoms in total. The molecule has 0 saturated heterocycles. The van der Waals surface area contributed by atoms with Crippen molar-refractivity contribution in [2.24, 2.45) is 7.05 Å². The number of hydrogen-bond donors (Lipinski definition) is 1. The quantitative estimate of drug-likeness (QED) is 0.905. The smallest absolute Gasteiger partial charge is 0.0641 e. The van der Waals surface area contributed by atoms with Crippen molar-refractivity contribution in [1.29, 1.82) is 0 Å². The van der Waals surface area contributed by atoms with E-state index in [0.29, 0.717) is 12.1 Å². The second-order valence-electron chi connectivity index (χ2n) is 5.98. The fourth-order valence-electron chi connectivity index (χ4n) is 3.34. The molecule has 1 aliphatic carbocycles. The molecule has 0 bridgehead atoms. The summed E-state index contributed by atoms with van der Waals surface area (Å²) in [6, 6.07) is 1.88. The Morgan fingerprint density at radius 1 is 1.37 bits per heavy atom. The van der Waals surface area contributed by atoms with Crippen molar-refractivity contribution in [3.05, 3.63) is 17.5 Å². The van der Waals surface area contributed by atoms with Gasteiger partial charge < -0.3 is 5.32 Å². The SMILES string of the molecule is CNC1CCC(N(C)C(C)c2cn(C)nc2C)CC1. The third kappa shape index (κ3) is 3.18. The van der Waals surface area contributed by atoms with E-state index in [-0.39, 0.29) is 0 Å². The number of hydrogen-bond acceptors (Lipinski definition) is 3. The molecule has 1 unspecified atom stereocenters. The Balaban J connectivity index is 1.99. The van der Waals surface area contributed by atoms with Gasteiger partial charge in [-0.3, -0.25) is 9.58 Å². The summed E-state index contributed by atoms with van der Waals surface area (Å²) in [7, 11) is 6.35. The number of rotatable bonds is 4. The first-order valence-electron chi connectivity index (χ1n) is 7.42. The summed E-state index contributed by atoms with van der Waals surface area (Å²) < 4.78 is 1.92. The van der Waals surface area contributed by atoms with Gasteiger partial charge in [0.2, 0.25) is 0 Å². The summed E-state index contributed by atoms with van der Waals surface area (Å²) in [5, 5.41) is 7.87. The van der Waals surface area contributed by atoms with Crippen molar-refractivity contribution in [3.8, 4) is 0 Å². The Bertz CT molecular complexity index is 404. The van der Waals surface area contributed by atoms with Crippen LogP contribution in [0.5, 0.6) is 0 Å². The van der Waals surface area contributed by atoms with Gasteiger partial charge in [0, 0.05) is 36.9 Å². The van der Waals surface area contributed by atoms with Crippen LogP contribution in [-0.2, 0) is 7.05 Å². The lowest BCUT2D eigenvalue weighted by molar-refractivity contribution is 0.136. The fraction of sp³-hybridized carbons (Fsp3) is 0.800. The molecule has 0 amide bonds. The second-order valence-corrected chi connectivity index (χ2v) is 5.98. The molecular formula is C15H28N4. The van der Waals surface area contributed by atoms with E-state index >= 15 is 0 Å². The van der Waals surface area contributed by atoms with Crippen LogP contribution in [0.1, 0.15) is 49.9 Å². The molecule has 0 radical (unpaired) electrons. The number of nitrogens with one attached hydrogen (secondary N) is 1. The van der Waals surface area contributed by atoms with Gasteiger partial charge in [0.1, 0.15) is 0 Å². The molecule has 1 heterocycles. The standard InChI is InChI=1S/C15H28N4/c1-11-15(10-18(4)17-11)12(2)19(5)14-8-6-13(16-3)7-9-14/h10,12-14,16H,6-9H2,1-5H3. The Hall–Kier alpha value is -0.870. The van der Waals surface area contributed by atoms with Crippen LogP contribution in [0.3, 0.4) is 0 Å². The fourth-order valence-corrected chi connectivity index (χ4v) is 3.34. The monoisotopic (exact) mass is 264 g/mol. The molecule has 2 rings (SSSR count). The minimum absolute atomic E-state index is 0.449. The van der Waals surface area contributed by atoms with E-state index in [1.54, 1.807) is 0 Å². The Labute approximate surface area is 117 Å². The van der Waals surface area contributed by atoms with Crippen LogP contribution in [0.4, 0.5) is 0 Å². The first-order chi connectivity index (χ1) is 9.02. The summed E-state index contributed by atoms with van der Waals surface area (Å²) in [6.45, 7) is 4.41. The van der Waals surface area contributed by atoms with Crippen molar-refractivity contribution in [3.63, 3.8) is 0 Å². The molecule has 1 aliphatic rings. The van der Waals surface area contributed by atoms with Crippen molar-refractivity contribution < 1.29 is 0 Å². The van der Waals surface area contributed by atoms with Crippen LogP contribution in [0.2, 0.25) is 0 Å². The summed E-state index contributed by atoms with van der Waals surface area (Å²) in [5.41, 5.74) is 2.52. The number of aryl methyl sites for hydroxylation is 2. The topological polar surface area (TPSA) is 33.1 Å². The van der Waals surface area contributed by atoms with Crippen LogP contribution >= 0.6 is 0 Å². The van der Waals surface area contributed by atoms with Gasteiger partial charge in [0.05, 0.1) is 5.69 Å². The summed E-state index contributed by atoms with van der Waals surface area (Å²) in [4.78, 5) is 2.54. The highest BCUT2D eigenvalue weighted by Crippen LogP contribution is 2.29. The van der Waals surface area contributed by atoms with E-state index in [1.165, 1.54) is 31.2 Å². The zero-order chi connectivity index (χ0) is 14.0. The van der Waals surface area contributed by atoms with Gasteiger partial charge in [-0.2, -0.15) is 5.10 Å². The Kier molecular flexibility index (Phi) is 4.63. The Morgan fingerprint density at radius 2 is 2.00 bits per heavy atom. The average Bonchev–Trinajstić information content (AvgIpc) is 2.76. The minimum Gasteiger partial charge on any atom is -0.317 e. The number of nitrogens with zero attached hydrogens (tertiary/aromatic N) is 3. The normalized spacial score (nSPS) is 25.8. The molecule has 1 N–H and O–H groups in total. The lowest BCUT2D eigenvalue weighted by Gasteiger charge is -2.37. The lowest BCUT2D eigenvalue weighted by atomic mass is 9.89. The molecule has 0 aromatic carbocycles. The first kappa shape index (κ1) is 14.5. The molecule has 1 saturated carbocycles. The first-order valence-corrected chi connectivity index (χ1v) is 7.42. The molecule has 4 heteroatoms. The Morgan fingerprint density at radius 3 is 2.47 bits per heavy atom. The van der Waals surface area contributed by atoms with Crippen LogP contribution < -0.4 is 5.32 Å². The van der Waals surface area contributed by atoms with Crippen molar-refractivity contribution in [2.45, 2.75) is 57.7 Å². The molecule has 0 spiro atoms. The predicted molar refractivity (Wildman–Crippen MR) is 79.2 cm³/mol. The highest BCUT2D eigenvalue weighted by Gasteiger charge is 2.27. The summed E-state index contributed by atoms with van der Waals surface area (Å²) in [5.74, 6) is 0. The van der Waals surface area contributed by atoms with E-state index in [4.69, 9.17) is 0 Å². The molecule has 1 aromatic rings. The van der Waals surface area contributed by atoms with E-state index in [1.807, 2.05) is 11.7 Å². The maximum atomic E-state index is 4.46. The number of aromatic nitrogens is 2. The largest absolute Gasteiger partial charge is 0.317 e. The van der Waals surface area contributed by atoms with Gasteiger partial charge >= 0.3 is 0 Å². The van der Waals surface area contributed by atoms with Gasteiger partial charge in [0.15, 0.2) is 0 Å². The van der Waals surface area contributed by atoms with Gasteiger partial charge in [0.25, 0.3) is 0 Å². The maximum Gasteiger partial charge on any atom is 0.0641 e. The van der Waals surface area contributed by atoms with Crippen LogP contribution in [0, 0.1) is 6.92 Å². The second kappa shape index (κ2) is 6.06. The van der Waals surface area contributed by atoms with E-state index in [9.17, 15) is 0 Å². The van der Waals surface area contributed by atoms with Gasteiger partial charge in [-0.1, -0.05) is 0 Å². The molecule has 19 heavy (non-hydrogen) atoms. The molecular weight excluding hydrogens is 236 g/mol. The van der Waals surface area contributed by atoms with Crippen LogP contribution in [0.15, 0.2) is 6.20 Å². The van der Waals surface area contributed by atoms with Gasteiger partial charge in [-0.25, -0.2) is 0 Å². The lowest BCUT2D eigenvalue weighted by Crippen LogP contribution is -2.40. The van der Waals surface area contributed by atoms with E-state index in [0.717, 1.165) is 11.7 Å². The summed E-state index contributed by atoms with van der Waals surface area (Å²) in [6.07, 6.45) is 7.35. The van der Waals surface area contributed by atoms with Crippen LogP contribution in [-0.4, -0.2) is 40.9 Å². The molecule has 108 valence electrons. The van der Waals surface area contributed by atoms with Crippen LogP contribution in [0.25, 0.3) is 0 Å². The molecule has 1 atom stereocenters.